The molecule has 2 amide bonds. The summed E-state index contributed by atoms with van der Waals surface area (Å²) in [4.78, 5) is 64.1. The monoisotopic (exact) mass is 810 g/mol. The summed E-state index contributed by atoms with van der Waals surface area (Å²) >= 11 is 0. The first-order valence-corrected chi connectivity index (χ1v) is 20.9. The van der Waals surface area contributed by atoms with E-state index in [4.69, 9.17) is 14.2 Å². The Morgan fingerprint density at radius 1 is 1.03 bits per heavy atom. The number of benzene rings is 2. The molecule has 1 saturated heterocycles. The number of carbonyl (C=O) groups is 5. The van der Waals surface area contributed by atoms with Gasteiger partial charge in [0.15, 0.2) is 29.2 Å². The Morgan fingerprint density at radius 3 is 2.46 bits per heavy atom. The molecular weight excluding hydrogens is 753 g/mol. The lowest BCUT2D eigenvalue weighted by molar-refractivity contribution is -0.201. The van der Waals surface area contributed by atoms with E-state index in [9.17, 15) is 34.2 Å². The number of Topliss-reactive ketones (excluding diaryl/α,β-unsaturated/α-hetero) is 2. The molecule has 0 aromatic heterocycles. The van der Waals surface area contributed by atoms with Crippen LogP contribution in [0.4, 0.5) is 10.5 Å². The number of aliphatic hydroxyl groups is 2. The molecule has 12 nitrogen and oxygen atoms in total. The molecule has 7 rings (SSSR count). The number of ketones is 3. The fourth-order valence-electron chi connectivity index (χ4n) is 11.0. The Bertz CT molecular complexity index is 2070. The van der Waals surface area contributed by atoms with Gasteiger partial charge >= 0.3 is 6.09 Å². The van der Waals surface area contributed by atoms with Gasteiger partial charge in [0, 0.05) is 40.3 Å². The number of fused-ring (bicyclic) bond motifs is 7. The zero-order valence-corrected chi connectivity index (χ0v) is 35.1. The van der Waals surface area contributed by atoms with Gasteiger partial charge in [-0.3, -0.25) is 19.2 Å². The van der Waals surface area contributed by atoms with Gasteiger partial charge in [0.2, 0.25) is 5.91 Å². The van der Waals surface area contributed by atoms with Crippen molar-refractivity contribution in [2.45, 2.75) is 123 Å². The molecule has 3 saturated carbocycles. The van der Waals surface area contributed by atoms with E-state index in [-0.39, 0.29) is 41.6 Å². The number of rotatable bonds is 11. The summed E-state index contributed by atoms with van der Waals surface area (Å²) in [7, 11) is 0. The minimum atomic E-state index is -1.43. The van der Waals surface area contributed by atoms with Gasteiger partial charge in [-0.1, -0.05) is 68.8 Å². The molecule has 4 fully saturated rings. The maximum absolute atomic E-state index is 13.9. The minimum Gasteiger partial charge on any atom is -0.444 e. The molecule has 0 bridgehead atoms. The number of allylic oxidation sites excluding steroid dienone is 4. The predicted molar refractivity (Wildman–Crippen MR) is 219 cm³/mol. The summed E-state index contributed by atoms with van der Waals surface area (Å²) in [6, 6.07) is 14.5. The van der Waals surface area contributed by atoms with Crippen molar-refractivity contribution in [3.8, 4) is 0 Å². The van der Waals surface area contributed by atoms with Crippen LogP contribution in [0.2, 0.25) is 0 Å². The highest BCUT2D eigenvalue weighted by Crippen LogP contribution is 2.70. The summed E-state index contributed by atoms with van der Waals surface area (Å²) in [5.74, 6) is -1.72. The fourth-order valence-corrected chi connectivity index (χ4v) is 11.0. The second-order valence-corrected chi connectivity index (χ2v) is 18.9. The van der Waals surface area contributed by atoms with Crippen LogP contribution in [0.3, 0.4) is 0 Å². The van der Waals surface area contributed by atoms with Crippen molar-refractivity contribution in [2.75, 3.05) is 11.9 Å². The molecule has 2 aromatic rings. The smallest absolute Gasteiger partial charge is 0.408 e. The Hall–Kier alpha value is -4.49. The van der Waals surface area contributed by atoms with E-state index in [1.165, 1.54) is 0 Å². The van der Waals surface area contributed by atoms with E-state index in [2.05, 4.69) is 17.6 Å². The molecule has 0 radical (unpaired) electrons. The maximum atomic E-state index is 13.9. The fraction of sp³-hybridized carbons (Fsp3) is 0.553. The third kappa shape index (κ3) is 7.85. The van der Waals surface area contributed by atoms with Gasteiger partial charge in [-0.05, 0) is 107 Å². The average Bonchev–Trinajstić information content (AvgIpc) is 3.67. The molecule has 316 valence electrons. The summed E-state index contributed by atoms with van der Waals surface area (Å²) in [6.45, 7) is 11.9. The van der Waals surface area contributed by atoms with Crippen molar-refractivity contribution < 1.29 is 48.4 Å². The zero-order chi connectivity index (χ0) is 42.7. The molecule has 5 aliphatic rings. The second-order valence-electron chi connectivity index (χ2n) is 18.9. The Balaban J connectivity index is 0.990. The van der Waals surface area contributed by atoms with E-state index in [1.54, 1.807) is 52.8 Å². The van der Waals surface area contributed by atoms with Crippen LogP contribution in [0.15, 0.2) is 72.3 Å². The van der Waals surface area contributed by atoms with Crippen LogP contribution in [-0.2, 0) is 39.8 Å². The lowest BCUT2D eigenvalue weighted by Gasteiger charge is -2.59. The lowest BCUT2D eigenvalue weighted by Crippen LogP contribution is -2.63. The van der Waals surface area contributed by atoms with Gasteiger partial charge in [0.25, 0.3) is 0 Å². The maximum Gasteiger partial charge on any atom is 0.408 e. The van der Waals surface area contributed by atoms with E-state index in [1.807, 2.05) is 55.5 Å². The summed E-state index contributed by atoms with van der Waals surface area (Å²) in [5.41, 5.74) is 0.968. The second kappa shape index (κ2) is 15.8. The average molecular weight is 811 g/mol. The largest absolute Gasteiger partial charge is 0.444 e. The van der Waals surface area contributed by atoms with E-state index in [0.717, 1.165) is 35.1 Å². The molecule has 12 heteroatoms. The SMILES string of the molecule is C[C@H](CC(=O)[C@H](C)NC(=O)OC(C)(C)C)C(=O)Nc1cccc(Cc2ccc([C@@H]3O[C@@H]4C[C@H]5[C@@H]6CCC7=CC(=O)C=C[C@]7(C)[C@H]6[C@@H](O)C[C@]5(C)[C@]4(C(=O)CO)O3)cc2)c1. The predicted octanol–water partition coefficient (Wildman–Crippen LogP) is 6.33. The third-order valence-electron chi connectivity index (χ3n) is 13.8. The number of alkyl carbamates (subject to hydrolysis) is 1. The van der Waals surface area contributed by atoms with Crippen LogP contribution in [0.25, 0.3) is 0 Å². The number of hydrogen-bond acceptors (Lipinski definition) is 10. The Morgan fingerprint density at radius 2 is 1.76 bits per heavy atom. The summed E-state index contributed by atoms with van der Waals surface area (Å²) < 4.78 is 18.6. The highest BCUT2D eigenvalue weighted by atomic mass is 16.7. The standard InChI is InChI=1S/C47H58N2O10/c1-26(19-36(52)27(2)48-43(56)59-44(3,4)5)41(55)49-32-10-8-9-29(21-32)20-28-11-13-30(14-12-28)42-57-39-23-35-34-16-15-31-22-33(51)17-18-45(31,6)40(34)37(53)24-46(35,7)47(39,58-42)38(54)25-50/h8-14,17-18,21-22,26-27,34-35,37,39-40,42,50,53H,15-16,19-20,23-25H2,1-7H3,(H,48,56)(H,49,55)/t26-,27+,34+,35+,37+,39-,40-,42-,45+,46+,47-/m1/s1. The highest BCUT2D eigenvalue weighted by Gasteiger charge is 2.75. The van der Waals surface area contributed by atoms with Gasteiger partial charge in [0.1, 0.15) is 12.2 Å². The van der Waals surface area contributed by atoms with Crippen LogP contribution in [0.1, 0.15) is 104 Å². The van der Waals surface area contributed by atoms with E-state index in [0.29, 0.717) is 24.9 Å². The van der Waals surface area contributed by atoms with Gasteiger partial charge in [-0.15, -0.1) is 0 Å². The van der Waals surface area contributed by atoms with E-state index < -0.39 is 71.0 Å². The first-order valence-electron chi connectivity index (χ1n) is 20.9. The Kier molecular flexibility index (Phi) is 11.4. The van der Waals surface area contributed by atoms with Gasteiger partial charge in [-0.2, -0.15) is 0 Å². The van der Waals surface area contributed by atoms with Crippen molar-refractivity contribution in [1.82, 2.24) is 5.32 Å². The van der Waals surface area contributed by atoms with Crippen molar-refractivity contribution in [1.29, 1.82) is 0 Å². The molecule has 4 aliphatic carbocycles. The number of amides is 2. The molecule has 59 heavy (non-hydrogen) atoms. The van der Waals surface area contributed by atoms with Gasteiger partial charge in [-0.25, -0.2) is 4.79 Å². The number of ether oxygens (including phenoxy) is 3. The first-order chi connectivity index (χ1) is 27.8. The number of aliphatic hydroxyl groups excluding tert-OH is 2. The van der Waals surface area contributed by atoms with Crippen LogP contribution >= 0.6 is 0 Å². The van der Waals surface area contributed by atoms with Crippen LogP contribution in [-0.4, -0.2) is 75.6 Å². The lowest BCUT2D eigenvalue weighted by atomic mass is 9.46. The molecular formula is C47H58N2O10. The Labute approximate surface area is 346 Å². The molecule has 2 aromatic carbocycles. The normalized spacial score (nSPS) is 33.0. The third-order valence-corrected chi connectivity index (χ3v) is 13.8. The van der Waals surface area contributed by atoms with Gasteiger partial charge < -0.3 is 35.1 Å². The van der Waals surface area contributed by atoms with Crippen LogP contribution in [0.5, 0.6) is 0 Å². The molecule has 0 spiro atoms. The van der Waals surface area contributed by atoms with Crippen molar-refractivity contribution >= 4 is 35.0 Å². The van der Waals surface area contributed by atoms with Crippen molar-refractivity contribution in [3.05, 3.63) is 89.0 Å². The quantitative estimate of drug-likeness (QED) is 0.201. The minimum absolute atomic E-state index is 0.00666. The highest BCUT2D eigenvalue weighted by molar-refractivity contribution is 6.01. The molecule has 1 aliphatic heterocycles. The molecule has 1 heterocycles. The topological polar surface area (TPSA) is 178 Å². The molecule has 4 N–H and O–H groups in total. The van der Waals surface area contributed by atoms with Crippen molar-refractivity contribution in [3.63, 3.8) is 0 Å². The number of hydrogen-bond donors (Lipinski definition) is 4. The van der Waals surface area contributed by atoms with Gasteiger partial charge in [0.05, 0.1) is 18.2 Å². The number of nitrogens with one attached hydrogen (secondary N) is 2. The molecule has 0 unspecified atom stereocenters. The van der Waals surface area contributed by atoms with Crippen molar-refractivity contribution in [2.24, 2.45) is 34.5 Å². The summed E-state index contributed by atoms with van der Waals surface area (Å²) in [5, 5.41) is 27.7. The molecule has 11 atom stereocenters. The van der Waals surface area contributed by atoms with Crippen LogP contribution < -0.4 is 10.6 Å². The van der Waals surface area contributed by atoms with E-state index >= 15 is 0 Å². The number of anilines is 1. The van der Waals surface area contributed by atoms with Crippen LogP contribution in [0, 0.1) is 34.5 Å². The summed E-state index contributed by atoms with van der Waals surface area (Å²) in [6.07, 6.45) is 5.33. The first kappa shape index (κ1) is 42.6. The number of carbonyl (C=O) groups excluding carboxylic acids is 5. The zero-order valence-electron chi connectivity index (χ0n) is 35.1.